The van der Waals surface area contributed by atoms with Crippen LogP contribution in [0.2, 0.25) is 5.02 Å². The minimum atomic E-state index is 0.437. The number of aromatic nitrogens is 3. The number of nitrogen functional groups attached to an aromatic ring is 1. The molecule has 2 aromatic heterocycles. The summed E-state index contributed by atoms with van der Waals surface area (Å²) in [4.78, 5) is 3.81. The molecule has 11 heavy (non-hydrogen) atoms. The Morgan fingerprint density at radius 3 is 3.09 bits per heavy atom. The second-order valence-electron chi connectivity index (χ2n) is 2.13. The van der Waals surface area contributed by atoms with Crippen molar-refractivity contribution in [3.8, 4) is 0 Å². The molecule has 4 nitrogen and oxygen atoms in total. The smallest absolute Gasteiger partial charge is 0.151 e. The van der Waals surface area contributed by atoms with Gasteiger partial charge >= 0.3 is 0 Å². The second-order valence-corrected chi connectivity index (χ2v) is 2.57. The largest absolute Gasteiger partial charge is 0.382 e. The van der Waals surface area contributed by atoms with Crippen LogP contribution >= 0.6 is 11.6 Å². The van der Waals surface area contributed by atoms with Crippen LogP contribution in [0.1, 0.15) is 0 Å². The lowest BCUT2D eigenvalue weighted by Crippen LogP contribution is -1.96. The van der Waals surface area contributed by atoms with Crippen LogP contribution in [0.3, 0.4) is 0 Å². The van der Waals surface area contributed by atoms with E-state index in [-0.39, 0.29) is 0 Å². The second kappa shape index (κ2) is 2.10. The summed E-state index contributed by atoms with van der Waals surface area (Å²) in [5, 5.41) is 4.51. The molecule has 2 rings (SSSR count). The van der Waals surface area contributed by atoms with E-state index in [1.165, 1.54) is 6.33 Å². The van der Waals surface area contributed by atoms with Crippen molar-refractivity contribution in [3.05, 3.63) is 23.6 Å². The summed E-state index contributed by atoms with van der Waals surface area (Å²) in [5.41, 5.74) is 6.27. The van der Waals surface area contributed by atoms with Gasteiger partial charge in [-0.15, -0.1) is 0 Å². The van der Waals surface area contributed by atoms with Gasteiger partial charge in [0, 0.05) is 6.20 Å². The number of hydrogen-bond donors (Lipinski definition) is 1. The maximum atomic E-state index is 5.71. The normalized spacial score (nSPS) is 10.6. The highest BCUT2D eigenvalue weighted by atomic mass is 35.5. The van der Waals surface area contributed by atoms with Gasteiger partial charge in [0.05, 0.1) is 5.02 Å². The summed E-state index contributed by atoms with van der Waals surface area (Å²) >= 11 is 5.71. The molecule has 2 aromatic rings. The number of fused-ring (bicyclic) bond motifs is 1. The molecule has 0 aliphatic carbocycles. The summed E-state index contributed by atoms with van der Waals surface area (Å²) in [6.07, 6.45) is 3.06. The number of hydrogen-bond acceptors (Lipinski definition) is 3. The van der Waals surface area contributed by atoms with Crippen LogP contribution in [0.4, 0.5) is 5.82 Å². The van der Waals surface area contributed by atoms with E-state index in [4.69, 9.17) is 17.3 Å². The third-order valence-corrected chi connectivity index (χ3v) is 1.61. The van der Waals surface area contributed by atoms with Crippen molar-refractivity contribution in [2.24, 2.45) is 0 Å². The van der Waals surface area contributed by atoms with Crippen LogP contribution in [0, 0.1) is 0 Å². The quantitative estimate of drug-likeness (QED) is 0.638. The summed E-state index contributed by atoms with van der Waals surface area (Å²) in [7, 11) is 0. The van der Waals surface area contributed by atoms with Crippen molar-refractivity contribution < 1.29 is 0 Å². The number of anilines is 1. The number of nitrogens with zero attached hydrogens (tertiary/aromatic N) is 3. The first-order chi connectivity index (χ1) is 5.27. The van der Waals surface area contributed by atoms with Crippen molar-refractivity contribution in [1.82, 2.24) is 14.6 Å². The molecule has 0 atom stereocenters. The Kier molecular flexibility index (Phi) is 1.22. The van der Waals surface area contributed by atoms with E-state index in [0.29, 0.717) is 10.8 Å². The zero-order valence-electron chi connectivity index (χ0n) is 5.53. The fourth-order valence-electron chi connectivity index (χ4n) is 0.917. The molecule has 0 aliphatic heterocycles. The van der Waals surface area contributed by atoms with Crippen molar-refractivity contribution in [1.29, 1.82) is 0 Å². The van der Waals surface area contributed by atoms with Gasteiger partial charge in [0.25, 0.3) is 0 Å². The van der Waals surface area contributed by atoms with E-state index in [1.54, 1.807) is 16.8 Å². The van der Waals surface area contributed by atoms with Crippen molar-refractivity contribution in [2.75, 3.05) is 5.73 Å². The first kappa shape index (κ1) is 6.42. The lowest BCUT2D eigenvalue weighted by Gasteiger charge is -1.93. The predicted octanol–water partition coefficient (Wildman–Crippen LogP) is 0.965. The van der Waals surface area contributed by atoms with Gasteiger partial charge in [0.2, 0.25) is 0 Å². The molecule has 0 radical (unpaired) electrons. The molecule has 0 saturated heterocycles. The van der Waals surface area contributed by atoms with Crippen LogP contribution in [0.15, 0.2) is 18.6 Å². The van der Waals surface area contributed by atoms with Gasteiger partial charge in [0.15, 0.2) is 5.82 Å². The predicted molar refractivity (Wildman–Crippen MR) is 42.4 cm³/mol. The molecule has 5 heteroatoms. The number of halogens is 1. The Labute approximate surface area is 67.6 Å². The van der Waals surface area contributed by atoms with E-state index in [1.807, 2.05) is 0 Å². The Balaban J connectivity index is 2.90. The van der Waals surface area contributed by atoms with Crippen LogP contribution in [-0.4, -0.2) is 14.6 Å². The van der Waals surface area contributed by atoms with Crippen molar-refractivity contribution >= 4 is 22.9 Å². The molecule has 0 spiro atoms. The van der Waals surface area contributed by atoms with E-state index >= 15 is 0 Å². The van der Waals surface area contributed by atoms with Gasteiger partial charge in [-0.25, -0.2) is 9.50 Å². The molecular weight excluding hydrogens is 164 g/mol. The van der Waals surface area contributed by atoms with Gasteiger partial charge in [-0.05, 0) is 6.07 Å². The average Bonchev–Trinajstić information content (AvgIpc) is 2.31. The summed E-state index contributed by atoms with van der Waals surface area (Å²) in [5.74, 6) is 0.437. The molecule has 56 valence electrons. The monoisotopic (exact) mass is 168 g/mol. The highest BCUT2D eigenvalue weighted by Crippen LogP contribution is 2.16. The summed E-state index contributed by atoms with van der Waals surface area (Å²) < 4.78 is 1.59. The Morgan fingerprint density at radius 2 is 2.36 bits per heavy atom. The van der Waals surface area contributed by atoms with E-state index in [2.05, 4.69) is 10.1 Å². The highest BCUT2D eigenvalue weighted by Gasteiger charge is 2.00. The zero-order chi connectivity index (χ0) is 7.84. The van der Waals surface area contributed by atoms with E-state index in [0.717, 1.165) is 5.52 Å². The molecular formula is C6H5ClN4. The summed E-state index contributed by atoms with van der Waals surface area (Å²) in [6.45, 7) is 0. The minimum absolute atomic E-state index is 0.437. The van der Waals surface area contributed by atoms with Crippen LogP contribution < -0.4 is 5.73 Å². The standard InChI is InChI=1S/C6H5ClN4/c7-4-1-5-6(8)9-3-10-11(5)2-4/h1-3H,(H2,8,9,10). The van der Waals surface area contributed by atoms with E-state index in [9.17, 15) is 0 Å². The molecule has 0 aliphatic rings. The van der Waals surface area contributed by atoms with Gasteiger partial charge in [0.1, 0.15) is 11.8 Å². The van der Waals surface area contributed by atoms with Crippen molar-refractivity contribution in [3.63, 3.8) is 0 Å². The molecule has 2 heterocycles. The number of nitrogens with two attached hydrogens (primary N) is 1. The molecule has 0 bridgehead atoms. The van der Waals surface area contributed by atoms with Gasteiger partial charge < -0.3 is 5.73 Å². The summed E-state index contributed by atoms with van der Waals surface area (Å²) in [6, 6.07) is 1.72. The first-order valence-corrected chi connectivity index (χ1v) is 3.39. The average molecular weight is 169 g/mol. The minimum Gasteiger partial charge on any atom is -0.382 e. The fraction of sp³-hybridized carbons (Fsp3) is 0. The Hall–Kier alpha value is -1.29. The maximum Gasteiger partial charge on any atom is 0.151 e. The molecule has 0 unspecified atom stereocenters. The molecule has 0 fully saturated rings. The topological polar surface area (TPSA) is 56.2 Å². The van der Waals surface area contributed by atoms with Gasteiger partial charge in [-0.1, -0.05) is 11.6 Å². The van der Waals surface area contributed by atoms with Crippen LogP contribution in [0.25, 0.3) is 5.52 Å². The maximum absolute atomic E-state index is 5.71. The SMILES string of the molecule is Nc1ncnn2cc(Cl)cc12. The zero-order valence-corrected chi connectivity index (χ0v) is 6.28. The molecule has 0 amide bonds. The molecule has 0 saturated carbocycles. The highest BCUT2D eigenvalue weighted by molar-refractivity contribution is 6.31. The first-order valence-electron chi connectivity index (χ1n) is 3.02. The molecule has 0 aromatic carbocycles. The third kappa shape index (κ3) is 0.914. The Morgan fingerprint density at radius 1 is 1.55 bits per heavy atom. The Bertz CT molecular complexity index is 394. The van der Waals surface area contributed by atoms with Gasteiger partial charge in [-0.2, -0.15) is 5.10 Å². The molecule has 2 N–H and O–H groups in total. The number of rotatable bonds is 0. The fourth-order valence-corrected chi connectivity index (χ4v) is 1.11. The lowest BCUT2D eigenvalue weighted by atomic mass is 10.5. The van der Waals surface area contributed by atoms with Crippen LogP contribution in [0.5, 0.6) is 0 Å². The van der Waals surface area contributed by atoms with Crippen LogP contribution in [-0.2, 0) is 0 Å². The van der Waals surface area contributed by atoms with Crippen molar-refractivity contribution in [2.45, 2.75) is 0 Å². The third-order valence-electron chi connectivity index (χ3n) is 1.40. The lowest BCUT2D eigenvalue weighted by molar-refractivity contribution is 0.908. The van der Waals surface area contributed by atoms with Gasteiger partial charge in [-0.3, -0.25) is 0 Å². The van der Waals surface area contributed by atoms with E-state index < -0.39 is 0 Å².